The predicted octanol–water partition coefficient (Wildman–Crippen LogP) is 2.92. The number of carbonyl (C=O) groups is 2. The van der Waals surface area contributed by atoms with Crippen LogP contribution in [-0.2, 0) is 27.7 Å². The van der Waals surface area contributed by atoms with Gasteiger partial charge in [-0.2, -0.15) is 0 Å². The molecule has 10 nitrogen and oxygen atoms in total. The van der Waals surface area contributed by atoms with Crippen molar-refractivity contribution in [3.05, 3.63) is 36.4 Å². The van der Waals surface area contributed by atoms with Gasteiger partial charge in [-0.05, 0) is 36.4 Å². The molecule has 2 aromatic rings. The quantitative estimate of drug-likeness (QED) is 0.376. The van der Waals surface area contributed by atoms with Crippen LogP contribution in [0, 0.1) is 0 Å². The molecule has 0 saturated carbocycles. The van der Waals surface area contributed by atoms with Crippen LogP contribution in [0.25, 0.3) is 0 Å². The van der Waals surface area contributed by atoms with Crippen molar-refractivity contribution >= 4 is 62.7 Å². The Kier molecular flexibility index (Phi) is 8.35. The van der Waals surface area contributed by atoms with Gasteiger partial charge >= 0.3 is 0 Å². The number of rotatable bonds is 9. The fourth-order valence-corrected chi connectivity index (χ4v) is 4.49. The van der Waals surface area contributed by atoms with E-state index in [1.54, 1.807) is 0 Å². The number of nitrogens with one attached hydrogen (secondary N) is 2. The summed E-state index contributed by atoms with van der Waals surface area (Å²) in [6, 6.07) is 7.72. The van der Waals surface area contributed by atoms with Crippen molar-refractivity contribution in [2.45, 2.75) is 23.6 Å². The lowest BCUT2D eigenvalue weighted by molar-refractivity contribution is -0.115. The molecule has 0 fully saturated rings. The van der Waals surface area contributed by atoms with Crippen LogP contribution in [0.4, 0.5) is 11.4 Å². The predicted molar refractivity (Wildman–Crippen MR) is 119 cm³/mol. The molecule has 2 aromatic carbocycles. The molecule has 0 aromatic heterocycles. The Labute approximate surface area is 193 Å². The summed E-state index contributed by atoms with van der Waals surface area (Å²) < 4.78 is 58.2. The van der Waals surface area contributed by atoms with Gasteiger partial charge in [-0.15, -0.1) is 0 Å². The molecule has 32 heavy (non-hydrogen) atoms. The van der Waals surface area contributed by atoms with Crippen LogP contribution >= 0.6 is 21.4 Å². The van der Waals surface area contributed by atoms with Crippen molar-refractivity contribution < 1.29 is 35.9 Å². The smallest absolute Gasteiger partial charge is 0.265 e. The van der Waals surface area contributed by atoms with Crippen LogP contribution < -0.4 is 20.1 Å². The normalized spacial score (nSPS) is 11.5. The summed E-state index contributed by atoms with van der Waals surface area (Å²) in [7, 11) is 2.48. The maximum Gasteiger partial charge on any atom is 0.265 e. The van der Waals surface area contributed by atoms with Crippen molar-refractivity contribution in [3.8, 4) is 11.5 Å². The zero-order chi connectivity index (χ0) is 24.1. The summed E-state index contributed by atoms with van der Waals surface area (Å²) in [5, 5.41) is 4.86. The highest BCUT2D eigenvalue weighted by Crippen LogP contribution is 2.31. The van der Waals surface area contributed by atoms with E-state index in [2.05, 4.69) is 10.6 Å². The fraction of sp³-hybridized carbons (Fsp3) is 0.222. The van der Waals surface area contributed by atoms with Crippen LogP contribution in [0.5, 0.6) is 11.5 Å². The van der Waals surface area contributed by atoms with Gasteiger partial charge in [0.25, 0.3) is 18.1 Å². The Bertz CT molecular complexity index is 1150. The maximum atomic E-state index is 11.8. The van der Waals surface area contributed by atoms with E-state index in [1.165, 1.54) is 38.1 Å². The van der Waals surface area contributed by atoms with E-state index in [4.69, 9.17) is 30.8 Å². The average Bonchev–Trinajstić information content (AvgIpc) is 2.64. The van der Waals surface area contributed by atoms with Gasteiger partial charge in [0.15, 0.2) is 0 Å². The van der Waals surface area contributed by atoms with Gasteiger partial charge in [-0.1, -0.05) is 0 Å². The highest BCUT2D eigenvalue weighted by Gasteiger charge is 2.20. The van der Waals surface area contributed by atoms with Gasteiger partial charge in [0.2, 0.25) is 11.8 Å². The Hall–Kier alpha value is -2.54. The first-order valence-electron chi connectivity index (χ1n) is 8.75. The minimum Gasteiger partial charge on any atom is -0.489 e. The number of carbonyl (C=O) groups excluding carboxylic acids is 2. The van der Waals surface area contributed by atoms with Crippen molar-refractivity contribution in [2.24, 2.45) is 0 Å². The molecule has 0 bridgehead atoms. The number of hydrogen-bond acceptors (Lipinski definition) is 8. The summed E-state index contributed by atoms with van der Waals surface area (Å²) >= 11 is 0. The molecule has 0 atom stereocenters. The Morgan fingerprint density at radius 3 is 1.38 bits per heavy atom. The molecule has 174 valence electrons. The monoisotopic (exact) mass is 524 g/mol. The first-order valence-corrected chi connectivity index (χ1v) is 13.4. The number of halogens is 2. The molecular formula is C18H18Cl2N2O8S2. The summed E-state index contributed by atoms with van der Waals surface area (Å²) in [5.41, 5.74) is 0.410. The second kappa shape index (κ2) is 10.4. The van der Waals surface area contributed by atoms with Crippen LogP contribution in [0.1, 0.15) is 13.8 Å². The molecule has 0 spiro atoms. The molecule has 0 saturated heterocycles. The fourth-order valence-electron chi connectivity index (χ4n) is 2.50. The minimum atomic E-state index is -4.20. The minimum absolute atomic E-state index is 0.0936. The summed E-state index contributed by atoms with van der Waals surface area (Å²) in [6.45, 7) is 2.14. The summed E-state index contributed by atoms with van der Waals surface area (Å²) in [4.78, 5) is 21.6. The number of anilines is 2. The molecule has 0 unspecified atom stereocenters. The van der Waals surface area contributed by atoms with Crippen LogP contribution in [0.2, 0.25) is 0 Å². The van der Waals surface area contributed by atoms with E-state index in [1.807, 2.05) is 0 Å². The zero-order valence-corrected chi connectivity index (χ0v) is 19.9. The van der Waals surface area contributed by atoms with E-state index in [9.17, 15) is 26.4 Å². The number of amides is 2. The third kappa shape index (κ3) is 7.55. The Balaban J connectivity index is 2.15. The molecule has 2 rings (SSSR count). The van der Waals surface area contributed by atoms with Crippen LogP contribution in [-0.4, -0.2) is 41.9 Å². The number of benzene rings is 2. The van der Waals surface area contributed by atoms with Gasteiger partial charge in [0.05, 0.1) is 0 Å². The van der Waals surface area contributed by atoms with Crippen molar-refractivity contribution in [1.29, 1.82) is 0 Å². The largest absolute Gasteiger partial charge is 0.489 e. The zero-order valence-electron chi connectivity index (χ0n) is 16.7. The SMILES string of the molecule is CC(=O)Nc1ccc(OCCOc2ccc(NC(C)=O)cc2S(=O)(=O)Cl)c(S(=O)(=O)Cl)c1. The first kappa shape index (κ1) is 25.7. The molecule has 0 radical (unpaired) electrons. The van der Waals surface area contributed by atoms with E-state index in [-0.39, 0.29) is 45.9 Å². The van der Waals surface area contributed by atoms with Crippen LogP contribution in [0.15, 0.2) is 46.2 Å². The van der Waals surface area contributed by atoms with E-state index in [0.717, 1.165) is 12.1 Å². The summed E-state index contributed by atoms with van der Waals surface area (Å²) in [6.07, 6.45) is 0. The molecule has 0 aliphatic rings. The molecule has 2 N–H and O–H groups in total. The lowest BCUT2D eigenvalue weighted by Crippen LogP contribution is -2.13. The van der Waals surface area contributed by atoms with E-state index < -0.39 is 29.9 Å². The standard InChI is InChI=1S/C18H18Cl2N2O8S2/c1-11(23)21-13-3-5-15(17(9-13)31(19,25)26)29-7-8-30-16-6-4-14(22-12(2)24)10-18(16)32(20,27)28/h3-6,9-10H,7-8H2,1-2H3,(H,21,23)(H,22,24). The number of ether oxygens (including phenoxy) is 2. The number of hydrogen-bond donors (Lipinski definition) is 2. The highest BCUT2D eigenvalue weighted by atomic mass is 35.7. The molecule has 14 heteroatoms. The summed E-state index contributed by atoms with van der Waals surface area (Å²) in [5.74, 6) is -0.994. The van der Waals surface area contributed by atoms with E-state index >= 15 is 0 Å². The van der Waals surface area contributed by atoms with Gasteiger partial charge in [-0.25, -0.2) is 16.8 Å². The Morgan fingerprint density at radius 2 is 1.09 bits per heavy atom. The van der Waals surface area contributed by atoms with Crippen molar-refractivity contribution in [1.82, 2.24) is 0 Å². The molecule has 0 aliphatic heterocycles. The maximum absolute atomic E-state index is 11.8. The second-order valence-corrected chi connectivity index (χ2v) is 11.3. The van der Waals surface area contributed by atoms with Gasteiger partial charge < -0.3 is 20.1 Å². The van der Waals surface area contributed by atoms with Gasteiger partial charge in [-0.3, -0.25) is 9.59 Å². The lowest BCUT2D eigenvalue weighted by Gasteiger charge is -2.14. The topological polar surface area (TPSA) is 145 Å². The molecule has 0 heterocycles. The lowest BCUT2D eigenvalue weighted by atomic mass is 10.3. The molecule has 2 amide bonds. The Morgan fingerprint density at radius 1 is 0.750 bits per heavy atom. The van der Waals surface area contributed by atoms with Crippen LogP contribution in [0.3, 0.4) is 0 Å². The molecule has 0 aliphatic carbocycles. The third-order valence-corrected chi connectivity index (χ3v) is 6.34. The highest BCUT2D eigenvalue weighted by molar-refractivity contribution is 8.14. The van der Waals surface area contributed by atoms with Crippen molar-refractivity contribution in [2.75, 3.05) is 23.8 Å². The first-order chi connectivity index (χ1) is 14.8. The van der Waals surface area contributed by atoms with E-state index in [0.29, 0.717) is 0 Å². The third-order valence-electron chi connectivity index (χ3n) is 3.65. The van der Waals surface area contributed by atoms with Gasteiger partial charge in [0, 0.05) is 46.6 Å². The molecular weight excluding hydrogens is 507 g/mol. The second-order valence-electron chi connectivity index (χ2n) is 6.26. The van der Waals surface area contributed by atoms with Crippen molar-refractivity contribution in [3.63, 3.8) is 0 Å². The van der Waals surface area contributed by atoms with Gasteiger partial charge in [0.1, 0.15) is 34.5 Å². The average molecular weight is 525 g/mol.